The number of halogens is 1. The number of carbonyl (C=O) groups excluding carboxylic acids is 2. The SMILES string of the molecule is CNC(=O)C1CCN(c2nc3ncn(CC(=O)Nc4cc(Cl)ccc4OC)c(=O)c3s2)CC1. The van der Waals surface area contributed by atoms with Gasteiger partial charge in [0.05, 0.1) is 12.8 Å². The molecule has 4 rings (SSSR count). The highest BCUT2D eigenvalue weighted by molar-refractivity contribution is 7.22. The summed E-state index contributed by atoms with van der Waals surface area (Å²) in [5.41, 5.74) is 0.427. The number of amides is 2. The molecule has 0 atom stereocenters. The van der Waals surface area contributed by atoms with Crippen LogP contribution in [0.25, 0.3) is 10.3 Å². The van der Waals surface area contributed by atoms with Crippen molar-refractivity contribution < 1.29 is 14.3 Å². The van der Waals surface area contributed by atoms with Crippen molar-refractivity contribution >= 4 is 55.9 Å². The maximum atomic E-state index is 13.0. The lowest BCUT2D eigenvalue weighted by atomic mass is 9.96. The molecular formula is C21H23ClN6O4S. The number of carbonyl (C=O) groups is 2. The van der Waals surface area contributed by atoms with Crippen LogP contribution in [-0.2, 0) is 16.1 Å². The standard InChI is InChI=1S/C21H23ClN6O4S/c1-23-19(30)12-5-7-27(8-6-12)21-26-18-17(33-21)20(31)28(11-24-18)10-16(29)25-14-9-13(22)3-4-15(14)32-2/h3-4,9,11-12H,5-8,10H2,1-2H3,(H,23,30)(H,25,29). The van der Waals surface area contributed by atoms with Crippen LogP contribution in [0.15, 0.2) is 29.3 Å². The van der Waals surface area contributed by atoms with Crippen LogP contribution in [0.5, 0.6) is 5.75 Å². The fourth-order valence-corrected chi connectivity index (χ4v) is 4.94. The Labute approximate surface area is 198 Å². The van der Waals surface area contributed by atoms with Crippen molar-refractivity contribution in [1.82, 2.24) is 19.9 Å². The topological polar surface area (TPSA) is 118 Å². The van der Waals surface area contributed by atoms with Crippen molar-refractivity contribution in [1.29, 1.82) is 0 Å². The Bertz CT molecular complexity index is 1250. The number of nitrogens with zero attached hydrogens (tertiary/aromatic N) is 4. The Morgan fingerprint density at radius 1 is 1.30 bits per heavy atom. The van der Waals surface area contributed by atoms with E-state index in [1.54, 1.807) is 25.2 Å². The van der Waals surface area contributed by atoms with Gasteiger partial charge in [-0.25, -0.2) is 4.98 Å². The second-order valence-corrected chi connectivity index (χ2v) is 9.01. The molecule has 1 saturated heterocycles. The third-order valence-corrected chi connectivity index (χ3v) is 6.83. The van der Waals surface area contributed by atoms with E-state index in [0.717, 1.165) is 12.8 Å². The summed E-state index contributed by atoms with van der Waals surface area (Å²) in [6.45, 7) is 1.13. The van der Waals surface area contributed by atoms with Gasteiger partial charge in [0.25, 0.3) is 5.56 Å². The monoisotopic (exact) mass is 490 g/mol. The van der Waals surface area contributed by atoms with E-state index in [1.165, 1.54) is 29.3 Å². The van der Waals surface area contributed by atoms with Crippen molar-refractivity contribution in [3.8, 4) is 5.75 Å². The Hall–Kier alpha value is -3.18. The van der Waals surface area contributed by atoms with E-state index in [4.69, 9.17) is 16.3 Å². The van der Waals surface area contributed by atoms with E-state index in [0.29, 0.717) is 45.0 Å². The summed E-state index contributed by atoms with van der Waals surface area (Å²) in [5.74, 6) is 0.0885. The summed E-state index contributed by atoms with van der Waals surface area (Å²) in [6, 6.07) is 4.88. The summed E-state index contributed by atoms with van der Waals surface area (Å²) >= 11 is 7.25. The van der Waals surface area contributed by atoms with E-state index >= 15 is 0 Å². The van der Waals surface area contributed by atoms with E-state index < -0.39 is 5.91 Å². The highest BCUT2D eigenvalue weighted by Gasteiger charge is 2.26. The zero-order valence-electron chi connectivity index (χ0n) is 18.1. The summed E-state index contributed by atoms with van der Waals surface area (Å²) in [4.78, 5) is 48.2. The van der Waals surface area contributed by atoms with Gasteiger partial charge in [-0.05, 0) is 31.0 Å². The minimum atomic E-state index is -0.417. The van der Waals surface area contributed by atoms with Crippen molar-refractivity contribution in [3.05, 3.63) is 39.9 Å². The molecule has 174 valence electrons. The summed E-state index contributed by atoms with van der Waals surface area (Å²) in [6.07, 6.45) is 2.77. The molecule has 0 aliphatic carbocycles. The van der Waals surface area contributed by atoms with Gasteiger partial charge in [0.15, 0.2) is 10.8 Å². The number of rotatable bonds is 6. The van der Waals surface area contributed by atoms with E-state index in [9.17, 15) is 14.4 Å². The third kappa shape index (κ3) is 4.93. The third-order valence-electron chi connectivity index (χ3n) is 5.50. The van der Waals surface area contributed by atoms with Crippen molar-refractivity contribution in [2.24, 2.45) is 5.92 Å². The first-order chi connectivity index (χ1) is 15.9. The lowest BCUT2D eigenvalue weighted by Gasteiger charge is -2.30. The molecule has 2 N–H and O–H groups in total. The molecule has 1 aliphatic rings. The van der Waals surface area contributed by atoms with Gasteiger partial charge < -0.3 is 20.3 Å². The number of anilines is 2. The van der Waals surface area contributed by atoms with Gasteiger partial charge in [0.1, 0.15) is 23.3 Å². The normalized spacial score (nSPS) is 14.3. The molecule has 2 amide bonds. The number of ether oxygens (including phenoxy) is 1. The van der Waals surface area contributed by atoms with Crippen LogP contribution in [0.1, 0.15) is 12.8 Å². The molecule has 12 heteroatoms. The van der Waals surface area contributed by atoms with Gasteiger partial charge in [0, 0.05) is 31.1 Å². The average Bonchev–Trinajstić information content (AvgIpc) is 3.26. The van der Waals surface area contributed by atoms with Gasteiger partial charge in [-0.15, -0.1) is 0 Å². The smallest absolute Gasteiger partial charge is 0.273 e. The minimum Gasteiger partial charge on any atom is -0.495 e. The van der Waals surface area contributed by atoms with Crippen LogP contribution in [0.3, 0.4) is 0 Å². The number of methoxy groups -OCH3 is 1. The lowest BCUT2D eigenvalue weighted by molar-refractivity contribution is -0.125. The van der Waals surface area contributed by atoms with E-state index in [2.05, 4.69) is 25.5 Å². The lowest BCUT2D eigenvalue weighted by Crippen LogP contribution is -2.39. The van der Waals surface area contributed by atoms with Crippen LogP contribution < -0.4 is 25.8 Å². The fraction of sp³-hybridized carbons (Fsp3) is 0.381. The first-order valence-electron chi connectivity index (χ1n) is 10.4. The molecular weight excluding hydrogens is 468 g/mol. The fourth-order valence-electron chi connectivity index (χ4n) is 3.74. The molecule has 33 heavy (non-hydrogen) atoms. The number of thiazole rings is 1. The molecule has 1 fully saturated rings. The first kappa shape index (κ1) is 23.0. The van der Waals surface area contributed by atoms with Crippen molar-refractivity contribution in [2.75, 3.05) is 37.5 Å². The van der Waals surface area contributed by atoms with Crippen LogP contribution in [0.2, 0.25) is 5.02 Å². The maximum absolute atomic E-state index is 13.0. The largest absolute Gasteiger partial charge is 0.495 e. The Morgan fingerprint density at radius 2 is 2.06 bits per heavy atom. The number of benzene rings is 1. The molecule has 0 unspecified atom stereocenters. The molecule has 0 spiro atoms. The second-order valence-electron chi connectivity index (χ2n) is 7.60. The molecule has 0 radical (unpaired) electrons. The predicted octanol–water partition coefficient (Wildman–Crippen LogP) is 2.12. The van der Waals surface area contributed by atoms with Crippen LogP contribution in [0.4, 0.5) is 10.8 Å². The summed E-state index contributed by atoms with van der Waals surface area (Å²) in [5, 5.41) is 6.54. The summed E-state index contributed by atoms with van der Waals surface area (Å²) < 4.78 is 6.86. The number of fused-ring (bicyclic) bond motifs is 1. The van der Waals surface area contributed by atoms with Gasteiger partial charge >= 0.3 is 0 Å². The van der Waals surface area contributed by atoms with Crippen molar-refractivity contribution in [2.45, 2.75) is 19.4 Å². The molecule has 2 aromatic heterocycles. The zero-order valence-corrected chi connectivity index (χ0v) is 19.7. The molecule has 0 bridgehead atoms. The molecule has 10 nitrogen and oxygen atoms in total. The average molecular weight is 491 g/mol. The van der Waals surface area contributed by atoms with Gasteiger partial charge in [0.2, 0.25) is 11.8 Å². The van der Waals surface area contributed by atoms with Crippen molar-refractivity contribution in [3.63, 3.8) is 0 Å². The van der Waals surface area contributed by atoms with E-state index in [-0.39, 0.29) is 23.9 Å². The predicted molar refractivity (Wildman–Crippen MR) is 127 cm³/mol. The van der Waals surface area contributed by atoms with Gasteiger partial charge in [-0.2, -0.15) is 4.98 Å². The van der Waals surface area contributed by atoms with Crippen LogP contribution >= 0.6 is 22.9 Å². The second kappa shape index (κ2) is 9.75. The number of piperidine rings is 1. The molecule has 3 aromatic rings. The molecule has 0 saturated carbocycles. The number of aromatic nitrogens is 3. The number of nitrogens with one attached hydrogen (secondary N) is 2. The highest BCUT2D eigenvalue weighted by atomic mass is 35.5. The van der Waals surface area contributed by atoms with E-state index in [1.807, 2.05) is 0 Å². The van der Waals surface area contributed by atoms with Gasteiger partial charge in [-0.1, -0.05) is 22.9 Å². The van der Waals surface area contributed by atoms with Gasteiger partial charge in [-0.3, -0.25) is 19.0 Å². The number of hydrogen-bond acceptors (Lipinski definition) is 8. The highest BCUT2D eigenvalue weighted by Crippen LogP contribution is 2.30. The molecule has 3 heterocycles. The summed E-state index contributed by atoms with van der Waals surface area (Å²) in [7, 11) is 3.13. The maximum Gasteiger partial charge on any atom is 0.273 e. The first-order valence-corrected chi connectivity index (χ1v) is 11.5. The quantitative estimate of drug-likeness (QED) is 0.543. The Kier molecular flexibility index (Phi) is 6.80. The zero-order chi connectivity index (χ0) is 23.5. The van der Waals surface area contributed by atoms with Crippen LogP contribution in [0, 0.1) is 5.92 Å². The molecule has 1 aromatic carbocycles. The minimum absolute atomic E-state index is 0.00684. The Morgan fingerprint density at radius 3 is 2.76 bits per heavy atom. The Balaban J connectivity index is 1.49. The number of hydrogen-bond donors (Lipinski definition) is 2. The molecule has 1 aliphatic heterocycles. The van der Waals surface area contributed by atoms with Crippen LogP contribution in [-0.4, -0.2) is 53.6 Å².